The molecular weight excluding hydrogens is 546 g/mol. The Bertz CT molecular complexity index is 1260. The first-order chi connectivity index (χ1) is 18.3. The van der Waals surface area contributed by atoms with Gasteiger partial charge in [-0.1, -0.05) is 41.9 Å². The number of carbonyl (C=O) groups excluding carboxylic acids is 2. The van der Waals surface area contributed by atoms with Crippen LogP contribution in [0.5, 0.6) is 5.75 Å². The van der Waals surface area contributed by atoms with Gasteiger partial charge in [-0.2, -0.15) is 0 Å². The van der Waals surface area contributed by atoms with E-state index in [1.807, 2.05) is 54.6 Å². The average molecular weight is 581 g/mol. The third kappa shape index (κ3) is 6.98. The van der Waals surface area contributed by atoms with Crippen molar-refractivity contribution in [1.29, 1.82) is 0 Å². The molecule has 0 atom stereocenters. The predicted octanol–water partition coefficient (Wildman–Crippen LogP) is 5.81. The highest BCUT2D eigenvalue weighted by atomic mass is 79.9. The number of hydrogen-bond donors (Lipinski definition) is 3. The number of ether oxygens (including phenoxy) is 1. The van der Waals surface area contributed by atoms with E-state index in [1.54, 1.807) is 13.2 Å². The summed E-state index contributed by atoms with van der Waals surface area (Å²) in [5.74, 6) is 1.02. The number of anilines is 4. The first kappa shape index (κ1) is 27.3. The van der Waals surface area contributed by atoms with Crippen molar-refractivity contribution in [1.82, 2.24) is 5.32 Å². The van der Waals surface area contributed by atoms with Crippen LogP contribution in [0.25, 0.3) is 0 Å². The molecule has 0 aliphatic carbocycles. The molecule has 1 aliphatic rings. The number of benzene rings is 3. The second-order valence-corrected chi connectivity index (χ2v) is 10.5. The van der Waals surface area contributed by atoms with E-state index >= 15 is 0 Å². The van der Waals surface area contributed by atoms with Crippen molar-refractivity contribution in [2.75, 3.05) is 60.3 Å². The Morgan fingerprint density at radius 1 is 0.868 bits per heavy atom. The van der Waals surface area contributed by atoms with Gasteiger partial charge in [-0.15, -0.1) is 0 Å². The van der Waals surface area contributed by atoms with Crippen molar-refractivity contribution in [3.8, 4) is 5.75 Å². The number of carbonyl (C=O) groups is 2. The van der Waals surface area contributed by atoms with Crippen molar-refractivity contribution >= 4 is 50.6 Å². The summed E-state index contributed by atoms with van der Waals surface area (Å²) >= 11 is 3.39. The van der Waals surface area contributed by atoms with Crippen molar-refractivity contribution in [2.24, 2.45) is 5.92 Å². The third-order valence-electron chi connectivity index (χ3n) is 6.32. The van der Waals surface area contributed by atoms with Gasteiger partial charge in [0.1, 0.15) is 5.75 Å². The van der Waals surface area contributed by atoms with E-state index in [9.17, 15) is 9.59 Å². The van der Waals surface area contributed by atoms with Crippen LogP contribution in [0.1, 0.15) is 24.2 Å². The average Bonchev–Trinajstić information content (AvgIpc) is 2.93. The van der Waals surface area contributed by atoms with E-state index in [2.05, 4.69) is 61.6 Å². The summed E-state index contributed by atoms with van der Waals surface area (Å²) in [5, 5.41) is 8.70. The molecule has 200 valence electrons. The lowest BCUT2D eigenvalue weighted by atomic mass is 10.1. The first-order valence-electron chi connectivity index (χ1n) is 12.7. The number of amides is 3. The van der Waals surface area contributed by atoms with Gasteiger partial charge in [0.2, 0.25) is 0 Å². The van der Waals surface area contributed by atoms with Gasteiger partial charge in [0.25, 0.3) is 5.91 Å². The number of piperazine rings is 1. The molecule has 0 bridgehead atoms. The fourth-order valence-corrected chi connectivity index (χ4v) is 4.63. The second kappa shape index (κ2) is 12.7. The zero-order valence-corrected chi connectivity index (χ0v) is 23.5. The molecule has 0 unspecified atom stereocenters. The van der Waals surface area contributed by atoms with Gasteiger partial charge < -0.3 is 30.5 Å². The minimum absolute atomic E-state index is 0.155. The maximum absolute atomic E-state index is 13.2. The summed E-state index contributed by atoms with van der Waals surface area (Å²) in [4.78, 5) is 30.4. The van der Waals surface area contributed by atoms with Crippen LogP contribution in [0, 0.1) is 5.92 Å². The largest absolute Gasteiger partial charge is 0.495 e. The van der Waals surface area contributed by atoms with Gasteiger partial charge >= 0.3 is 6.03 Å². The van der Waals surface area contributed by atoms with Crippen LogP contribution in [0.15, 0.2) is 71.2 Å². The van der Waals surface area contributed by atoms with Gasteiger partial charge in [0.15, 0.2) is 0 Å². The molecule has 3 aromatic carbocycles. The normalized spacial score (nSPS) is 13.3. The number of para-hydroxylation sites is 2. The smallest absolute Gasteiger partial charge is 0.323 e. The van der Waals surface area contributed by atoms with Gasteiger partial charge in [0.05, 0.1) is 18.4 Å². The van der Waals surface area contributed by atoms with Crippen LogP contribution < -0.4 is 30.5 Å². The lowest BCUT2D eigenvalue weighted by Gasteiger charge is -2.38. The van der Waals surface area contributed by atoms with Crippen molar-refractivity contribution in [2.45, 2.75) is 13.8 Å². The molecule has 4 rings (SSSR count). The predicted molar refractivity (Wildman–Crippen MR) is 158 cm³/mol. The molecule has 1 aliphatic heterocycles. The molecule has 3 amide bonds. The topological polar surface area (TPSA) is 85.9 Å². The van der Waals surface area contributed by atoms with Gasteiger partial charge in [-0.3, -0.25) is 4.79 Å². The van der Waals surface area contributed by atoms with Crippen LogP contribution >= 0.6 is 15.9 Å². The van der Waals surface area contributed by atoms with Gasteiger partial charge in [-0.25, -0.2) is 4.79 Å². The van der Waals surface area contributed by atoms with E-state index in [-0.39, 0.29) is 11.9 Å². The number of hydrogen-bond acceptors (Lipinski definition) is 5. The summed E-state index contributed by atoms with van der Waals surface area (Å²) in [6.45, 7) is 7.78. The van der Waals surface area contributed by atoms with E-state index < -0.39 is 0 Å². The molecule has 0 radical (unpaired) electrons. The Labute approximate surface area is 232 Å². The first-order valence-corrected chi connectivity index (χ1v) is 13.5. The molecule has 0 saturated carbocycles. The number of rotatable bonds is 8. The molecule has 1 saturated heterocycles. The fourth-order valence-electron chi connectivity index (χ4n) is 4.37. The Hall–Kier alpha value is -3.72. The highest BCUT2D eigenvalue weighted by Crippen LogP contribution is 2.31. The van der Waals surface area contributed by atoms with Crippen molar-refractivity contribution in [3.63, 3.8) is 0 Å². The van der Waals surface area contributed by atoms with E-state index in [0.717, 1.165) is 47.8 Å². The quantitative estimate of drug-likeness (QED) is 0.313. The van der Waals surface area contributed by atoms with Crippen molar-refractivity contribution in [3.05, 3.63) is 76.8 Å². The van der Waals surface area contributed by atoms with Gasteiger partial charge in [0, 0.05) is 54.3 Å². The number of nitrogens with one attached hydrogen (secondary N) is 3. The molecule has 1 fully saturated rings. The minimum Gasteiger partial charge on any atom is -0.495 e. The molecule has 9 heteroatoms. The molecule has 8 nitrogen and oxygen atoms in total. The number of halogens is 1. The van der Waals surface area contributed by atoms with Crippen LogP contribution in [0.4, 0.5) is 27.5 Å². The highest BCUT2D eigenvalue weighted by molar-refractivity contribution is 9.10. The molecule has 0 aromatic heterocycles. The van der Waals surface area contributed by atoms with Crippen LogP contribution in [0.2, 0.25) is 0 Å². The summed E-state index contributed by atoms with van der Waals surface area (Å²) in [5.41, 5.74) is 3.68. The Kier molecular flexibility index (Phi) is 9.12. The number of nitrogens with zero attached hydrogens (tertiary/aromatic N) is 2. The zero-order chi connectivity index (χ0) is 27.1. The summed E-state index contributed by atoms with van der Waals surface area (Å²) in [6.07, 6.45) is 0. The molecule has 1 heterocycles. The lowest BCUT2D eigenvalue weighted by Crippen LogP contribution is -2.47. The Balaban J connectivity index is 1.50. The third-order valence-corrected chi connectivity index (χ3v) is 6.85. The highest BCUT2D eigenvalue weighted by Gasteiger charge is 2.24. The van der Waals surface area contributed by atoms with Crippen LogP contribution in [-0.2, 0) is 0 Å². The van der Waals surface area contributed by atoms with Crippen LogP contribution in [-0.4, -0.2) is 51.8 Å². The maximum Gasteiger partial charge on any atom is 0.323 e. The second-order valence-electron chi connectivity index (χ2n) is 9.57. The van der Waals surface area contributed by atoms with E-state index in [0.29, 0.717) is 29.4 Å². The standard InChI is InChI=1S/C29H34BrN5O3/c1-20(2)19-31-28(36)24-18-23(33-29(37)32-22-10-8-21(30)9-11-22)12-13-25(24)34-14-16-35(17-15-34)26-6-4-5-7-27(26)38-3/h4-13,18,20H,14-17,19H2,1-3H3,(H,31,36)(H2,32,33,37). The summed E-state index contributed by atoms with van der Waals surface area (Å²) in [6, 6.07) is 20.5. The summed E-state index contributed by atoms with van der Waals surface area (Å²) in [7, 11) is 1.69. The molecular formula is C29H34BrN5O3. The SMILES string of the molecule is COc1ccccc1N1CCN(c2ccc(NC(=O)Nc3ccc(Br)cc3)cc2C(=O)NCC(C)C)CC1. The van der Waals surface area contributed by atoms with Crippen LogP contribution in [0.3, 0.4) is 0 Å². The Morgan fingerprint density at radius 2 is 1.47 bits per heavy atom. The minimum atomic E-state index is -0.376. The lowest BCUT2D eigenvalue weighted by molar-refractivity contribution is 0.0949. The fraction of sp³-hybridized carbons (Fsp3) is 0.310. The number of urea groups is 1. The van der Waals surface area contributed by atoms with E-state index in [1.165, 1.54) is 0 Å². The monoisotopic (exact) mass is 579 g/mol. The summed E-state index contributed by atoms with van der Waals surface area (Å²) < 4.78 is 6.47. The maximum atomic E-state index is 13.2. The Morgan fingerprint density at radius 3 is 2.13 bits per heavy atom. The molecule has 38 heavy (non-hydrogen) atoms. The molecule has 0 spiro atoms. The van der Waals surface area contributed by atoms with Gasteiger partial charge in [-0.05, 0) is 60.5 Å². The zero-order valence-electron chi connectivity index (χ0n) is 22.0. The molecule has 3 N–H and O–H groups in total. The number of methoxy groups -OCH3 is 1. The van der Waals surface area contributed by atoms with E-state index in [4.69, 9.17) is 4.74 Å². The molecule has 3 aromatic rings. The van der Waals surface area contributed by atoms with Crippen molar-refractivity contribution < 1.29 is 14.3 Å².